The van der Waals surface area contributed by atoms with Crippen molar-refractivity contribution in [2.45, 2.75) is 45.6 Å². The summed E-state index contributed by atoms with van der Waals surface area (Å²) in [6, 6.07) is 4.13. The molecule has 0 aliphatic carbocycles. The van der Waals surface area contributed by atoms with Crippen molar-refractivity contribution in [1.29, 1.82) is 0 Å². The number of nitrogens with zero attached hydrogens (tertiary/aromatic N) is 2. The van der Waals surface area contributed by atoms with Crippen molar-refractivity contribution < 1.29 is 13.9 Å². The molecule has 0 spiro atoms. The Bertz CT molecular complexity index is 539. The quantitative estimate of drug-likeness (QED) is 0.287. The second-order valence-corrected chi connectivity index (χ2v) is 6.33. The standard InChI is InChI=1S/C19H32N4O3/c1-3-20-19(21-11-7-10-18(24)25-4-2)22-15-16(17-9-8-14-26-17)23-12-5-6-13-23/h8-9,14,16H,3-7,10-13,15H2,1-2H3,(H2,20,21,22). The third kappa shape index (κ3) is 6.71. The van der Waals surface area contributed by atoms with Crippen LogP contribution in [-0.4, -0.2) is 56.2 Å². The van der Waals surface area contributed by atoms with Gasteiger partial charge in [-0.05, 0) is 58.3 Å². The van der Waals surface area contributed by atoms with Gasteiger partial charge < -0.3 is 19.8 Å². The lowest BCUT2D eigenvalue weighted by Crippen LogP contribution is -2.39. The van der Waals surface area contributed by atoms with Gasteiger partial charge in [-0.15, -0.1) is 0 Å². The van der Waals surface area contributed by atoms with Gasteiger partial charge in [-0.2, -0.15) is 0 Å². The molecule has 0 aromatic carbocycles. The lowest BCUT2D eigenvalue weighted by molar-refractivity contribution is -0.143. The molecule has 2 heterocycles. The molecule has 1 fully saturated rings. The van der Waals surface area contributed by atoms with E-state index in [1.165, 1.54) is 12.8 Å². The molecule has 2 rings (SSSR count). The van der Waals surface area contributed by atoms with Crippen molar-refractivity contribution in [2.24, 2.45) is 4.99 Å². The number of carbonyl (C=O) groups is 1. The minimum atomic E-state index is -0.150. The van der Waals surface area contributed by atoms with Gasteiger partial charge in [0.2, 0.25) is 0 Å². The van der Waals surface area contributed by atoms with Crippen LogP contribution in [0.5, 0.6) is 0 Å². The molecule has 0 amide bonds. The van der Waals surface area contributed by atoms with Gasteiger partial charge in [0.1, 0.15) is 5.76 Å². The van der Waals surface area contributed by atoms with Crippen molar-refractivity contribution in [2.75, 3.05) is 39.3 Å². The highest BCUT2D eigenvalue weighted by atomic mass is 16.5. The number of ether oxygens (including phenoxy) is 1. The van der Waals surface area contributed by atoms with Gasteiger partial charge in [0.15, 0.2) is 5.96 Å². The first-order chi connectivity index (χ1) is 12.7. The van der Waals surface area contributed by atoms with Crippen LogP contribution in [0, 0.1) is 0 Å². The van der Waals surface area contributed by atoms with Gasteiger partial charge in [-0.3, -0.25) is 14.7 Å². The first-order valence-corrected chi connectivity index (χ1v) is 9.69. The third-order valence-electron chi connectivity index (χ3n) is 4.38. The van der Waals surface area contributed by atoms with Crippen LogP contribution in [0.3, 0.4) is 0 Å². The Hall–Kier alpha value is -2.02. The molecule has 1 aromatic rings. The van der Waals surface area contributed by atoms with E-state index in [-0.39, 0.29) is 12.0 Å². The highest BCUT2D eigenvalue weighted by Crippen LogP contribution is 2.25. The lowest BCUT2D eigenvalue weighted by Gasteiger charge is -2.24. The van der Waals surface area contributed by atoms with E-state index in [0.29, 0.717) is 26.1 Å². The van der Waals surface area contributed by atoms with Crippen molar-refractivity contribution in [1.82, 2.24) is 15.5 Å². The van der Waals surface area contributed by atoms with Gasteiger partial charge >= 0.3 is 5.97 Å². The number of furan rings is 1. The van der Waals surface area contributed by atoms with E-state index in [9.17, 15) is 4.79 Å². The zero-order valence-electron chi connectivity index (χ0n) is 16.0. The first-order valence-electron chi connectivity index (χ1n) is 9.69. The largest absolute Gasteiger partial charge is 0.468 e. The number of nitrogens with one attached hydrogen (secondary N) is 2. The number of aliphatic imine (C=N–C) groups is 1. The smallest absolute Gasteiger partial charge is 0.305 e. The topological polar surface area (TPSA) is 79.1 Å². The van der Waals surface area contributed by atoms with Gasteiger partial charge in [-0.25, -0.2) is 0 Å². The minimum Gasteiger partial charge on any atom is -0.468 e. The molecule has 0 bridgehead atoms. The predicted molar refractivity (Wildman–Crippen MR) is 102 cm³/mol. The minimum absolute atomic E-state index is 0.150. The molecule has 0 radical (unpaired) electrons. The molecule has 1 unspecified atom stereocenters. The summed E-state index contributed by atoms with van der Waals surface area (Å²) >= 11 is 0. The Labute approximate surface area is 156 Å². The van der Waals surface area contributed by atoms with Crippen LogP contribution >= 0.6 is 0 Å². The van der Waals surface area contributed by atoms with Crippen LogP contribution in [0.15, 0.2) is 27.8 Å². The molecule has 1 aromatic heterocycles. The van der Waals surface area contributed by atoms with Crippen LogP contribution in [0.25, 0.3) is 0 Å². The molecule has 1 atom stereocenters. The second kappa shape index (κ2) is 11.6. The van der Waals surface area contributed by atoms with Crippen LogP contribution in [0.4, 0.5) is 0 Å². The monoisotopic (exact) mass is 364 g/mol. The molecular weight excluding hydrogens is 332 g/mol. The number of rotatable bonds is 10. The molecule has 1 saturated heterocycles. The first kappa shape index (κ1) is 20.3. The number of likely N-dealkylation sites (tertiary alicyclic amines) is 1. The number of guanidine groups is 1. The maximum Gasteiger partial charge on any atom is 0.305 e. The summed E-state index contributed by atoms with van der Waals surface area (Å²) < 4.78 is 10.6. The van der Waals surface area contributed by atoms with Gasteiger partial charge in [-0.1, -0.05) is 0 Å². The summed E-state index contributed by atoms with van der Waals surface area (Å²) in [6.45, 7) is 8.58. The van der Waals surface area contributed by atoms with E-state index in [2.05, 4.69) is 15.5 Å². The molecule has 1 aliphatic rings. The fourth-order valence-electron chi connectivity index (χ4n) is 3.11. The Morgan fingerprint density at radius 1 is 1.35 bits per heavy atom. The molecule has 0 saturated carbocycles. The molecular formula is C19H32N4O3. The van der Waals surface area contributed by atoms with E-state index in [4.69, 9.17) is 14.1 Å². The zero-order valence-corrected chi connectivity index (χ0v) is 16.0. The predicted octanol–water partition coefficient (Wildman–Crippen LogP) is 2.31. The van der Waals surface area contributed by atoms with E-state index in [1.807, 2.05) is 26.0 Å². The Morgan fingerprint density at radius 3 is 2.81 bits per heavy atom. The normalized spacial score (nSPS) is 16.5. The number of hydrogen-bond donors (Lipinski definition) is 2. The fraction of sp³-hybridized carbons (Fsp3) is 0.684. The van der Waals surface area contributed by atoms with Crippen molar-refractivity contribution >= 4 is 11.9 Å². The number of hydrogen-bond acceptors (Lipinski definition) is 5. The maximum atomic E-state index is 11.4. The molecule has 2 N–H and O–H groups in total. The van der Waals surface area contributed by atoms with Gasteiger partial charge in [0, 0.05) is 19.5 Å². The summed E-state index contributed by atoms with van der Waals surface area (Å²) in [4.78, 5) is 18.6. The Kier molecular flexibility index (Phi) is 9.03. The molecule has 1 aliphatic heterocycles. The van der Waals surface area contributed by atoms with E-state index < -0.39 is 0 Å². The van der Waals surface area contributed by atoms with E-state index in [1.54, 1.807) is 6.26 Å². The average molecular weight is 364 g/mol. The SMILES string of the molecule is CCNC(=NCC(c1ccco1)N1CCCC1)NCCCC(=O)OCC. The summed E-state index contributed by atoms with van der Waals surface area (Å²) in [5.41, 5.74) is 0. The third-order valence-corrected chi connectivity index (χ3v) is 4.38. The summed E-state index contributed by atoms with van der Waals surface area (Å²) in [5.74, 6) is 1.59. The van der Waals surface area contributed by atoms with Crippen molar-refractivity contribution in [3.05, 3.63) is 24.2 Å². The Balaban J connectivity index is 1.87. The summed E-state index contributed by atoms with van der Waals surface area (Å²) in [7, 11) is 0. The van der Waals surface area contributed by atoms with Gasteiger partial charge in [0.05, 0.1) is 25.5 Å². The van der Waals surface area contributed by atoms with Crippen LogP contribution in [0.1, 0.15) is 51.3 Å². The Morgan fingerprint density at radius 2 is 2.15 bits per heavy atom. The average Bonchev–Trinajstić information content (AvgIpc) is 3.33. The zero-order chi connectivity index (χ0) is 18.6. The van der Waals surface area contributed by atoms with E-state index in [0.717, 1.165) is 37.8 Å². The number of esters is 1. The van der Waals surface area contributed by atoms with Crippen LogP contribution in [0.2, 0.25) is 0 Å². The fourth-order valence-corrected chi connectivity index (χ4v) is 3.11. The number of carbonyl (C=O) groups excluding carboxylic acids is 1. The highest BCUT2D eigenvalue weighted by molar-refractivity contribution is 5.79. The summed E-state index contributed by atoms with van der Waals surface area (Å²) in [5, 5.41) is 6.55. The molecule has 146 valence electrons. The van der Waals surface area contributed by atoms with Crippen LogP contribution < -0.4 is 10.6 Å². The van der Waals surface area contributed by atoms with E-state index >= 15 is 0 Å². The molecule has 26 heavy (non-hydrogen) atoms. The molecule has 7 nitrogen and oxygen atoms in total. The highest BCUT2D eigenvalue weighted by Gasteiger charge is 2.25. The van der Waals surface area contributed by atoms with Crippen LogP contribution in [-0.2, 0) is 9.53 Å². The lowest BCUT2D eigenvalue weighted by atomic mass is 10.2. The molecule has 7 heteroatoms. The second-order valence-electron chi connectivity index (χ2n) is 6.33. The van der Waals surface area contributed by atoms with Crippen molar-refractivity contribution in [3.63, 3.8) is 0 Å². The van der Waals surface area contributed by atoms with Gasteiger partial charge in [0.25, 0.3) is 0 Å². The maximum absolute atomic E-state index is 11.4. The van der Waals surface area contributed by atoms with Crippen molar-refractivity contribution in [3.8, 4) is 0 Å². The summed E-state index contributed by atoms with van der Waals surface area (Å²) in [6.07, 6.45) is 5.32.